The number of ether oxygens (including phenoxy) is 1. The van der Waals surface area contributed by atoms with Gasteiger partial charge in [-0.15, -0.1) is 0 Å². The van der Waals surface area contributed by atoms with E-state index in [-0.39, 0.29) is 17.6 Å². The van der Waals surface area contributed by atoms with E-state index in [9.17, 15) is 10.4 Å². The SMILES string of the molecule is COc1cncc(CCNc2ncc(C#N)c(N[C@@H]3CCC(O)C(C)(C)C3)n2)c1. The summed E-state index contributed by atoms with van der Waals surface area (Å²) >= 11 is 0. The molecule has 0 radical (unpaired) electrons. The Morgan fingerprint density at radius 2 is 2.14 bits per heavy atom. The molecule has 0 aliphatic heterocycles. The van der Waals surface area contributed by atoms with Crippen molar-refractivity contribution in [1.82, 2.24) is 15.0 Å². The van der Waals surface area contributed by atoms with E-state index >= 15 is 0 Å². The first-order valence-corrected chi connectivity index (χ1v) is 9.85. The lowest BCUT2D eigenvalue weighted by molar-refractivity contribution is 0.00926. The van der Waals surface area contributed by atoms with Crippen LogP contribution in [0.3, 0.4) is 0 Å². The number of aromatic nitrogens is 3. The van der Waals surface area contributed by atoms with Crippen LogP contribution in [0.15, 0.2) is 24.7 Å². The van der Waals surface area contributed by atoms with Gasteiger partial charge in [-0.25, -0.2) is 4.98 Å². The van der Waals surface area contributed by atoms with Gasteiger partial charge in [0.1, 0.15) is 23.2 Å². The van der Waals surface area contributed by atoms with Gasteiger partial charge in [0, 0.05) is 18.8 Å². The van der Waals surface area contributed by atoms with Crippen molar-refractivity contribution in [2.75, 3.05) is 24.3 Å². The number of nitriles is 1. The van der Waals surface area contributed by atoms with E-state index in [0.29, 0.717) is 23.9 Å². The third-order valence-electron chi connectivity index (χ3n) is 5.42. The second-order valence-electron chi connectivity index (χ2n) is 8.10. The van der Waals surface area contributed by atoms with Gasteiger partial charge in [0.25, 0.3) is 0 Å². The number of nitrogens with one attached hydrogen (secondary N) is 2. The fraction of sp³-hybridized carbons (Fsp3) is 0.524. The average molecular weight is 396 g/mol. The smallest absolute Gasteiger partial charge is 0.224 e. The van der Waals surface area contributed by atoms with Crippen LogP contribution < -0.4 is 15.4 Å². The van der Waals surface area contributed by atoms with Crippen molar-refractivity contribution in [3.63, 3.8) is 0 Å². The Bertz CT molecular complexity index is 880. The summed E-state index contributed by atoms with van der Waals surface area (Å²) in [5.41, 5.74) is 1.30. The Morgan fingerprint density at radius 3 is 2.86 bits per heavy atom. The minimum atomic E-state index is -0.301. The molecule has 3 N–H and O–H groups in total. The second-order valence-corrected chi connectivity index (χ2v) is 8.10. The summed E-state index contributed by atoms with van der Waals surface area (Å²) in [5.74, 6) is 1.73. The Hall–Kier alpha value is -2.92. The highest BCUT2D eigenvalue weighted by Crippen LogP contribution is 2.36. The molecule has 3 rings (SSSR count). The molecule has 0 aromatic carbocycles. The summed E-state index contributed by atoms with van der Waals surface area (Å²) in [4.78, 5) is 12.9. The molecular formula is C21H28N6O2. The number of anilines is 2. The lowest BCUT2D eigenvalue weighted by Crippen LogP contribution is -2.41. The van der Waals surface area contributed by atoms with Crippen LogP contribution in [0, 0.1) is 16.7 Å². The van der Waals surface area contributed by atoms with E-state index in [4.69, 9.17) is 4.74 Å². The molecule has 1 saturated carbocycles. The number of aliphatic hydroxyl groups excluding tert-OH is 1. The number of methoxy groups -OCH3 is 1. The summed E-state index contributed by atoms with van der Waals surface area (Å²) in [6.45, 7) is 4.76. The number of rotatable bonds is 7. The summed E-state index contributed by atoms with van der Waals surface area (Å²) in [5, 5.41) is 26.2. The largest absolute Gasteiger partial charge is 0.495 e. The van der Waals surface area contributed by atoms with Crippen molar-refractivity contribution in [2.45, 2.75) is 51.7 Å². The molecular weight excluding hydrogens is 368 g/mol. The van der Waals surface area contributed by atoms with Crippen molar-refractivity contribution in [2.24, 2.45) is 5.41 Å². The zero-order chi connectivity index (χ0) is 20.9. The molecule has 1 aliphatic carbocycles. The highest BCUT2D eigenvalue weighted by molar-refractivity contribution is 5.54. The molecule has 1 fully saturated rings. The molecule has 0 saturated heterocycles. The van der Waals surface area contributed by atoms with Crippen LogP contribution in [-0.4, -0.2) is 45.9 Å². The summed E-state index contributed by atoms with van der Waals surface area (Å²) in [7, 11) is 1.62. The number of hydrogen-bond donors (Lipinski definition) is 3. The van der Waals surface area contributed by atoms with Crippen molar-refractivity contribution in [3.05, 3.63) is 35.8 Å². The monoisotopic (exact) mass is 396 g/mol. The molecule has 0 bridgehead atoms. The predicted molar refractivity (Wildman–Crippen MR) is 111 cm³/mol. The van der Waals surface area contributed by atoms with Gasteiger partial charge in [0.2, 0.25) is 5.95 Å². The summed E-state index contributed by atoms with van der Waals surface area (Å²) in [6, 6.07) is 4.25. The van der Waals surface area contributed by atoms with Gasteiger partial charge in [0.15, 0.2) is 0 Å². The Labute approximate surface area is 171 Å². The topological polar surface area (TPSA) is 116 Å². The zero-order valence-corrected chi connectivity index (χ0v) is 17.1. The van der Waals surface area contributed by atoms with E-state index < -0.39 is 0 Å². The third kappa shape index (κ3) is 5.33. The van der Waals surface area contributed by atoms with Crippen LogP contribution >= 0.6 is 0 Å². The van der Waals surface area contributed by atoms with Gasteiger partial charge in [0.05, 0.1) is 25.6 Å². The van der Waals surface area contributed by atoms with Gasteiger partial charge in [-0.3, -0.25) is 4.98 Å². The maximum absolute atomic E-state index is 10.2. The summed E-state index contributed by atoms with van der Waals surface area (Å²) < 4.78 is 5.19. The Balaban J connectivity index is 1.63. The van der Waals surface area contributed by atoms with Crippen LogP contribution in [0.5, 0.6) is 5.75 Å². The minimum Gasteiger partial charge on any atom is -0.495 e. The fourth-order valence-corrected chi connectivity index (χ4v) is 3.63. The molecule has 8 nitrogen and oxygen atoms in total. The van der Waals surface area contributed by atoms with Gasteiger partial charge in [-0.1, -0.05) is 13.8 Å². The van der Waals surface area contributed by atoms with Gasteiger partial charge in [-0.2, -0.15) is 10.2 Å². The first kappa shape index (κ1) is 20.8. The average Bonchev–Trinajstić information content (AvgIpc) is 2.71. The highest BCUT2D eigenvalue weighted by atomic mass is 16.5. The molecule has 29 heavy (non-hydrogen) atoms. The maximum atomic E-state index is 10.2. The van der Waals surface area contributed by atoms with E-state index in [0.717, 1.165) is 37.0 Å². The molecule has 2 heterocycles. The molecule has 2 aromatic rings. The predicted octanol–water partition coefficient (Wildman–Crippen LogP) is 2.76. The maximum Gasteiger partial charge on any atom is 0.224 e. The molecule has 0 amide bonds. The number of hydrogen-bond acceptors (Lipinski definition) is 8. The Kier molecular flexibility index (Phi) is 6.49. The lowest BCUT2D eigenvalue weighted by Gasteiger charge is -2.40. The van der Waals surface area contributed by atoms with E-state index in [2.05, 4.69) is 45.5 Å². The molecule has 2 atom stereocenters. The Morgan fingerprint density at radius 1 is 1.31 bits per heavy atom. The van der Waals surface area contributed by atoms with Crippen LogP contribution in [0.1, 0.15) is 44.2 Å². The van der Waals surface area contributed by atoms with Gasteiger partial charge < -0.3 is 20.5 Å². The lowest BCUT2D eigenvalue weighted by atomic mass is 9.73. The van der Waals surface area contributed by atoms with Crippen molar-refractivity contribution < 1.29 is 9.84 Å². The first-order valence-electron chi connectivity index (χ1n) is 9.85. The van der Waals surface area contributed by atoms with Crippen LogP contribution in [-0.2, 0) is 6.42 Å². The van der Waals surface area contributed by atoms with Crippen molar-refractivity contribution in [1.29, 1.82) is 5.26 Å². The fourth-order valence-electron chi connectivity index (χ4n) is 3.63. The molecule has 0 spiro atoms. The zero-order valence-electron chi connectivity index (χ0n) is 17.1. The normalized spacial score (nSPS) is 20.5. The van der Waals surface area contributed by atoms with Crippen LogP contribution in [0.4, 0.5) is 11.8 Å². The quantitative estimate of drug-likeness (QED) is 0.654. The van der Waals surface area contributed by atoms with Gasteiger partial charge >= 0.3 is 0 Å². The first-order chi connectivity index (χ1) is 13.9. The van der Waals surface area contributed by atoms with Crippen LogP contribution in [0.2, 0.25) is 0 Å². The second kappa shape index (κ2) is 9.05. The van der Waals surface area contributed by atoms with Crippen LogP contribution in [0.25, 0.3) is 0 Å². The highest BCUT2D eigenvalue weighted by Gasteiger charge is 2.35. The number of nitrogens with zero attached hydrogens (tertiary/aromatic N) is 4. The van der Waals surface area contributed by atoms with E-state index in [1.54, 1.807) is 19.5 Å². The van der Waals surface area contributed by atoms with Gasteiger partial charge in [-0.05, 0) is 42.7 Å². The van der Waals surface area contributed by atoms with E-state index in [1.807, 2.05) is 6.07 Å². The molecule has 1 unspecified atom stereocenters. The summed E-state index contributed by atoms with van der Waals surface area (Å²) in [6.07, 6.45) is 7.83. The molecule has 8 heteroatoms. The van der Waals surface area contributed by atoms with Crippen molar-refractivity contribution in [3.8, 4) is 11.8 Å². The van der Waals surface area contributed by atoms with Crippen molar-refractivity contribution >= 4 is 11.8 Å². The molecule has 2 aromatic heterocycles. The third-order valence-corrected chi connectivity index (χ3v) is 5.42. The number of pyridine rings is 1. The standard InChI is InChI=1S/C21H28N6O2/c1-21(2)9-16(4-5-18(21)28)26-19-15(10-22)12-25-20(27-19)24-7-6-14-8-17(29-3)13-23-11-14/h8,11-13,16,18,28H,4-7,9H2,1-3H3,(H2,24,25,26,27)/t16-,18?/m1/s1. The minimum absolute atomic E-state index is 0.158. The molecule has 1 aliphatic rings. The number of aliphatic hydroxyl groups is 1. The van der Waals surface area contributed by atoms with E-state index in [1.165, 1.54) is 6.20 Å². The molecule has 154 valence electrons.